The molecule has 0 radical (unpaired) electrons. The van der Waals surface area contributed by atoms with Gasteiger partial charge in [-0.2, -0.15) is 0 Å². The first-order chi connectivity index (χ1) is 8.97. The lowest BCUT2D eigenvalue weighted by molar-refractivity contribution is 0.423. The van der Waals surface area contributed by atoms with Crippen LogP contribution in [-0.4, -0.2) is 5.16 Å². The summed E-state index contributed by atoms with van der Waals surface area (Å²) in [6.07, 6.45) is 1.56. The third-order valence-electron chi connectivity index (χ3n) is 2.90. The van der Waals surface area contributed by atoms with Crippen LogP contribution in [0, 0.1) is 17.6 Å². The van der Waals surface area contributed by atoms with Crippen LogP contribution < -0.4 is 5.73 Å². The summed E-state index contributed by atoms with van der Waals surface area (Å²) >= 11 is 0. The van der Waals surface area contributed by atoms with Gasteiger partial charge in [0.1, 0.15) is 11.6 Å². The van der Waals surface area contributed by atoms with E-state index >= 15 is 0 Å². The van der Waals surface area contributed by atoms with Gasteiger partial charge in [-0.1, -0.05) is 19.0 Å². The predicted molar refractivity (Wildman–Crippen MR) is 69.4 cm³/mol. The largest absolute Gasteiger partial charge is 0.367 e. The van der Waals surface area contributed by atoms with Crippen LogP contribution in [0.25, 0.3) is 11.1 Å². The minimum atomic E-state index is -0.648. The van der Waals surface area contributed by atoms with Crippen molar-refractivity contribution in [1.82, 2.24) is 5.16 Å². The number of benzene rings is 1. The van der Waals surface area contributed by atoms with Gasteiger partial charge < -0.3 is 10.3 Å². The third-order valence-corrected chi connectivity index (χ3v) is 2.90. The molecular weight excluding hydrogens is 250 g/mol. The molecule has 0 saturated carbocycles. The second kappa shape index (κ2) is 5.38. The average molecular weight is 266 g/mol. The molecule has 0 bridgehead atoms. The van der Waals surface area contributed by atoms with Crippen molar-refractivity contribution in [3.05, 3.63) is 35.5 Å². The van der Waals surface area contributed by atoms with E-state index in [0.29, 0.717) is 29.2 Å². The highest BCUT2D eigenvalue weighted by molar-refractivity contribution is 5.75. The van der Waals surface area contributed by atoms with E-state index in [9.17, 15) is 8.78 Å². The molecule has 0 amide bonds. The van der Waals surface area contributed by atoms with E-state index in [-0.39, 0.29) is 5.88 Å². The maximum Gasteiger partial charge on any atom is 0.230 e. The molecule has 2 aromatic rings. The number of nitrogens with zero attached hydrogens (tertiary/aromatic N) is 1. The molecule has 0 spiro atoms. The molecule has 3 nitrogen and oxygen atoms in total. The number of rotatable bonds is 4. The molecule has 0 aliphatic carbocycles. The number of hydrogen-bond donors (Lipinski definition) is 1. The molecule has 0 fully saturated rings. The highest BCUT2D eigenvalue weighted by Gasteiger charge is 2.17. The Bertz CT molecular complexity index is 559. The molecule has 0 unspecified atom stereocenters. The Hall–Kier alpha value is -1.91. The van der Waals surface area contributed by atoms with Crippen LogP contribution in [0.1, 0.15) is 26.0 Å². The normalized spacial score (nSPS) is 11.2. The number of nitrogen functional groups attached to an aromatic ring is 1. The van der Waals surface area contributed by atoms with Crippen molar-refractivity contribution in [3.8, 4) is 11.1 Å². The summed E-state index contributed by atoms with van der Waals surface area (Å²) in [5, 5.41) is 3.88. The molecule has 0 atom stereocenters. The topological polar surface area (TPSA) is 52.0 Å². The van der Waals surface area contributed by atoms with Crippen molar-refractivity contribution in [2.24, 2.45) is 5.92 Å². The minimum Gasteiger partial charge on any atom is -0.367 e. The highest BCUT2D eigenvalue weighted by atomic mass is 19.1. The first-order valence-electron chi connectivity index (χ1n) is 6.18. The summed E-state index contributed by atoms with van der Waals surface area (Å²) in [5.74, 6) is -0.713. The number of aryl methyl sites for hydroxylation is 1. The summed E-state index contributed by atoms with van der Waals surface area (Å²) < 4.78 is 31.5. The van der Waals surface area contributed by atoms with Gasteiger partial charge in [0.25, 0.3) is 0 Å². The zero-order chi connectivity index (χ0) is 14.0. The molecule has 102 valence electrons. The third kappa shape index (κ3) is 3.10. The van der Waals surface area contributed by atoms with E-state index in [0.717, 1.165) is 12.5 Å². The van der Waals surface area contributed by atoms with Gasteiger partial charge in [0.05, 0.1) is 11.3 Å². The second-order valence-corrected chi connectivity index (χ2v) is 4.96. The SMILES string of the molecule is CC(C)CCc1noc(N)c1-c1cc(F)cc(F)c1. The lowest BCUT2D eigenvalue weighted by atomic mass is 9.99. The number of hydrogen-bond acceptors (Lipinski definition) is 3. The van der Waals surface area contributed by atoms with E-state index in [4.69, 9.17) is 10.3 Å². The van der Waals surface area contributed by atoms with Gasteiger partial charge in [0.15, 0.2) is 0 Å². The number of halogens is 2. The molecule has 5 heteroatoms. The fourth-order valence-electron chi connectivity index (χ4n) is 1.94. The predicted octanol–water partition coefficient (Wildman–Crippen LogP) is 3.79. The van der Waals surface area contributed by atoms with Crippen LogP contribution >= 0.6 is 0 Å². The summed E-state index contributed by atoms with van der Waals surface area (Å²) in [4.78, 5) is 0. The molecule has 0 saturated heterocycles. The van der Waals surface area contributed by atoms with Gasteiger partial charge in [-0.25, -0.2) is 8.78 Å². The van der Waals surface area contributed by atoms with Crippen LogP contribution in [0.2, 0.25) is 0 Å². The van der Waals surface area contributed by atoms with Gasteiger partial charge >= 0.3 is 0 Å². The Morgan fingerprint density at radius 3 is 2.42 bits per heavy atom. The monoisotopic (exact) mass is 266 g/mol. The Kier molecular flexibility index (Phi) is 3.83. The first kappa shape index (κ1) is 13.5. The maximum atomic E-state index is 13.3. The smallest absolute Gasteiger partial charge is 0.230 e. The molecule has 0 aliphatic rings. The Morgan fingerprint density at radius 2 is 1.84 bits per heavy atom. The number of anilines is 1. The van der Waals surface area contributed by atoms with E-state index in [2.05, 4.69) is 19.0 Å². The molecule has 1 aromatic carbocycles. The molecular formula is C14H16F2N2O. The molecule has 1 heterocycles. The number of nitrogens with two attached hydrogens (primary N) is 1. The average Bonchev–Trinajstić information content (AvgIpc) is 2.66. The lowest BCUT2D eigenvalue weighted by Crippen LogP contribution is -1.96. The van der Waals surface area contributed by atoms with E-state index in [1.54, 1.807) is 0 Å². The first-order valence-corrected chi connectivity index (χ1v) is 6.18. The Morgan fingerprint density at radius 1 is 1.21 bits per heavy atom. The van der Waals surface area contributed by atoms with E-state index in [1.165, 1.54) is 12.1 Å². The van der Waals surface area contributed by atoms with Crippen LogP contribution in [0.5, 0.6) is 0 Å². The van der Waals surface area contributed by atoms with Crippen LogP contribution in [0.4, 0.5) is 14.7 Å². The molecule has 0 aliphatic heterocycles. The van der Waals surface area contributed by atoms with E-state index < -0.39 is 11.6 Å². The van der Waals surface area contributed by atoms with Crippen molar-refractivity contribution in [2.45, 2.75) is 26.7 Å². The van der Waals surface area contributed by atoms with Crippen LogP contribution in [-0.2, 0) is 6.42 Å². The maximum absolute atomic E-state index is 13.3. The van der Waals surface area contributed by atoms with Gasteiger partial charge in [-0.05, 0) is 36.5 Å². The zero-order valence-corrected chi connectivity index (χ0v) is 10.9. The lowest BCUT2D eigenvalue weighted by Gasteiger charge is -2.05. The highest BCUT2D eigenvalue weighted by Crippen LogP contribution is 2.31. The van der Waals surface area contributed by atoms with E-state index in [1.807, 2.05) is 0 Å². The van der Waals surface area contributed by atoms with Crippen molar-refractivity contribution in [2.75, 3.05) is 5.73 Å². The van der Waals surface area contributed by atoms with Gasteiger partial charge in [-0.15, -0.1) is 0 Å². The minimum absolute atomic E-state index is 0.0868. The Balaban J connectivity index is 2.40. The molecule has 2 N–H and O–H groups in total. The Labute approximate surface area is 110 Å². The summed E-state index contributed by atoms with van der Waals surface area (Å²) in [5.41, 5.74) is 7.18. The van der Waals surface area contributed by atoms with Gasteiger partial charge in [-0.3, -0.25) is 0 Å². The van der Waals surface area contributed by atoms with Crippen LogP contribution in [0.3, 0.4) is 0 Å². The quantitative estimate of drug-likeness (QED) is 0.916. The van der Waals surface area contributed by atoms with Crippen LogP contribution in [0.15, 0.2) is 22.7 Å². The zero-order valence-electron chi connectivity index (χ0n) is 10.9. The van der Waals surface area contributed by atoms with Crippen molar-refractivity contribution in [3.63, 3.8) is 0 Å². The summed E-state index contributed by atoms with van der Waals surface area (Å²) in [7, 11) is 0. The summed E-state index contributed by atoms with van der Waals surface area (Å²) in [6, 6.07) is 3.27. The number of aromatic nitrogens is 1. The standard InChI is InChI=1S/C14H16F2N2O/c1-8(2)3-4-12-13(14(17)19-18-12)9-5-10(15)7-11(16)6-9/h5-8H,3-4,17H2,1-2H3. The molecule has 1 aromatic heterocycles. The fourth-order valence-corrected chi connectivity index (χ4v) is 1.94. The van der Waals surface area contributed by atoms with Crippen molar-refractivity contribution >= 4 is 5.88 Å². The van der Waals surface area contributed by atoms with Gasteiger partial charge in [0.2, 0.25) is 5.88 Å². The molecule has 2 rings (SSSR count). The molecule has 19 heavy (non-hydrogen) atoms. The van der Waals surface area contributed by atoms with Crippen molar-refractivity contribution < 1.29 is 13.3 Å². The fraction of sp³-hybridized carbons (Fsp3) is 0.357. The summed E-state index contributed by atoms with van der Waals surface area (Å²) in [6.45, 7) is 4.18. The van der Waals surface area contributed by atoms with Gasteiger partial charge in [0, 0.05) is 6.07 Å². The second-order valence-electron chi connectivity index (χ2n) is 4.96. The van der Waals surface area contributed by atoms with Crippen molar-refractivity contribution in [1.29, 1.82) is 0 Å².